The monoisotopic (exact) mass is 331 g/mol. The molecule has 1 aliphatic rings. The Morgan fingerprint density at radius 3 is 2.71 bits per heavy atom. The van der Waals surface area contributed by atoms with Crippen LogP contribution < -0.4 is 4.90 Å². The van der Waals surface area contributed by atoms with Crippen molar-refractivity contribution in [2.75, 3.05) is 25.0 Å². The quantitative estimate of drug-likeness (QED) is 0.862. The van der Waals surface area contributed by atoms with Gasteiger partial charge in [0.05, 0.1) is 11.4 Å². The number of hydrogen-bond acceptors (Lipinski definition) is 4. The Hall–Kier alpha value is -2.64. The van der Waals surface area contributed by atoms with Crippen LogP contribution in [0, 0.1) is 0 Å². The van der Waals surface area contributed by atoms with Crippen LogP contribution in [0.5, 0.6) is 0 Å². The summed E-state index contributed by atoms with van der Waals surface area (Å²) in [6.45, 7) is 3.03. The van der Waals surface area contributed by atoms with Crippen molar-refractivity contribution in [3.05, 3.63) is 23.5 Å². The standard InChI is InChI=1S/C16H21N5O3/c1-3-12-15(19(2)10-22)21-14(17-12)5-4-13(18-21)11-6-8-20(9-7-11)16(23)24/h4-5,10-11H,3,6-9H2,1-2H3,(H,23,24). The molecule has 0 radical (unpaired) electrons. The Labute approximate surface area is 139 Å². The zero-order valence-electron chi connectivity index (χ0n) is 13.8. The summed E-state index contributed by atoms with van der Waals surface area (Å²) in [6, 6.07) is 3.86. The number of hydrogen-bond donors (Lipinski definition) is 1. The largest absolute Gasteiger partial charge is 0.465 e. The number of nitrogens with zero attached hydrogens (tertiary/aromatic N) is 5. The third kappa shape index (κ3) is 2.79. The number of piperidine rings is 1. The zero-order valence-corrected chi connectivity index (χ0v) is 13.8. The van der Waals surface area contributed by atoms with Crippen molar-refractivity contribution in [2.45, 2.75) is 32.1 Å². The zero-order chi connectivity index (χ0) is 17.3. The predicted octanol–water partition coefficient (Wildman–Crippen LogP) is 1.74. The van der Waals surface area contributed by atoms with Crippen LogP contribution in [0.3, 0.4) is 0 Å². The fourth-order valence-electron chi connectivity index (χ4n) is 3.21. The number of imidazole rings is 1. The molecule has 0 atom stereocenters. The van der Waals surface area contributed by atoms with Gasteiger partial charge in [0.1, 0.15) is 0 Å². The molecule has 1 N–H and O–H groups in total. The van der Waals surface area contributed by atoms with Crippen LogP contribution in [0.2, 0.25) is 0 Å². The molecule has 3 rings (SSSR count). The van der Waals surface area contributed by atoms with Gasteiger partial charge in [-0.05, 0) is 31.4 Å². The molecule has 3 heterocycles. The normalized spacial score (nSPS) is 15.7. The van der Waals surface area contributed by atoms with E-state index in [4.69, 9.17) is 10.2 Å². The predicted molar refractivity (Wildman–Crippen MR) is 88.4 cm³/mol. The Morgan fingerprint density at radius 1 is 1.42 bits per heavy atom. The van der Waals surface area contributed by atoms with Gasteiger partial charge >= 0.3 is 6.09 Å². The highest BCUT2D eigenvalue weighted by Crippen LogP contribution is 2.28. The molecular formula is C16H21N5O3. The highest BCUT2D eigenvalue weighted by molar-refractivity contribution is 5.75. The molecule has 24 heavy (non-hydrogen) atoms. The summed E-state index contributed by atoms with van der Waals surface area (Å²) in [4.78, 5) is 29.7. The second-order valence-corrected chi connectivity index (χ2v) is 6.02. The molecule has 8 nitrogen and oxygen atoms in total. The fraction of sp³-hybridized carbons (Fsp3) is 0.500. The minimum absolute atomic E-state index is 0.215. The van der Waals surface area contributed by atoms with Crippen molar-refractivity contribution in [1.82, 2.24) is 19.5 Å². The van der Waals surface area contributed by atoms with Gasteiger partial charge in [0.25, 0.3) is 0 Å². The van der Waals surface area contributed by atoms with E-state index in [0.29, 0.717) is 31.0 Å². The van der Waals surface area contributed by atoms with Crippen molar-refractivity contribution >= 4 is 24.0 Å². The molecule has 0 bridgehead atoms. The SMILES string of the molecule is CCc1nc2ccc(C3CCN(C(=O)O)CC3)nn2c1N(C)C=O. The molecule has 1 saturated heterocycles. The van der Waals surface area contributed by atoms with Gasteiger partial charge < -0.3 is 14.9 Å². The number of aromatic nitrogens is 3. The van der Waals surface area contributed by atoms with E-state index in [2.05, 4.69) is 4.98 Å². The average Bonchev–Trinajstić information content (AvgIpc) is 2.98. The lowest BCUT2D eigenvalue weighted by atomic mass is 9.93. The molecule has 0 aromatic carbocycles. The van der Waals surface area contributed by atoms with Crippen molar-refractivity contribution < 1.29 is 14.7 Å². The maximum Gasteiger partial charge on any atom is 0.407 e. The number of likely N-dealkylation sites (tertiary alicyclic amines) is 1. The molecule has 8 heteroatoms. The first-order valence-corrected chi connectivity index (χ1v) is 8.09. The first kappa shape index (κ1) is 16.2. The molecule has 0 spiro atoms. The lowest BCUT2D eigenvalue weighted by molar-refractivity contribution is -0.107. The lowest BCUT2D eigenvalue weighted by Gasteiger charge is -2.29. The van der Waals surface area contributed by atoms with E-state index in [1.807, 2.05) is 19.1 Å². The molecule has 0 aliphatic carbocycles. The second-order valence-electron chi connectivity index (χ2n) is 6.02. The second kappa shape index (κ2) is 6.46. The van der Waals surface area contributed by atoms with Gasteiger partial charge in [0.2, 0.25) is 6.41 Å². The third-order valence-electron chi connectivity index (χ3n) is 4.55. The first-order valence-electron chi connectivity index (χ1n) is 8.09. The summed E-state index contributed by atoms with van der Waals surface area (Å²) in [5.41, 5.74) is 2.45. The van der Waals surface area contributed by atoms with Gasteiger partial charge in [0.15, 0.2) is 11.5 Å². The third-order valence-corrected chi connectivity index (χ3v) is 4.55. The number of carbonyl (C=O) groups is 2. The molecule has 2 amide bonds. The van der Waals surface area contributed by atoms with Gasteiger partial charge in [0, 0.05) is 26.1 Å². The number of carbonyl (C=O) groups excluding carboxylic acids is 1. The Balaban J connectivity index is 1.93. The van der Waals surface area contributed by atoms with Gasteiger partial charge in [-0.2, -0.15) is 9.61 Å². The minimum atomic E-state index is -0.867. The van der Waals surface area contributed by atoms with Gasteiger partial charge in [-0.1, -0.05) is 6.92 Å². The summed E-state index contributed by atoms with van der Waals surface area (Å²) in [6.07, 6.45) is 2.10. The van der Waals surface area contributed by atoms with Gasteiger partial charge in [-0.25, -0.2) is 9.78 Å². The molecule has 0 saturated carbocycles. The number of rotatable bonds is 4. The van der Waals surface area contributed by atoms with Crippen LogP contribution in [-0.2, 0) is 11.2 Å². The van der Waals surface area contributed by atoms with Crippen LogP contribution in [0.15, 0.2) is 12.1 Å². The number of carboxylic acid groups (broad SMARTS) is 1. The van der Waals surface area contributed by atoms with E-state index in [-0.39, 0.29) is 5.92 Å². The smallest absolute Gasteiger partial charge is 0.407 e. The summed E-state index contributed by atoms with van der Waals surface area (Å²) < 4.78 is 1.71. The van der Waals surface area contributed by atoms with Crippen molar-refractivity contribution in [1.29, 1.82) is 0 Å². The maximum atomic E-state index is 11.2. The minimum Gasteiger partial charge on any atom is -0.465 e. The topological polar surface area (TPSA) is 91.0 Å². The molecule has 1 fully saturated rings. The van der Waals surface area contributed by atoms with Crippen molar-refractivity contribution in [3.63, 3.8) is 0 Å². The van der Waals surface area contributed by atoms with Gasteiger partial charge in [-0.3, -0.25) is 4.79 Å². The first-order chi connectivity index (χ1) is 11.5. The van der Waals surface area contributed by atoms with E-state index in [1.165, 1.54) is 9.80 Å². The number of amides is 2. The van der Waals surface area contributed by atoms with E-state index in [0.717, 1.165) is 30.6 Å². The average molecular weight is 331 g/mol. The lowest BCUT2D eigenvalue weighted by Crippen LogP contribution is -2.37. The van der Waals surface area contributed by atoms with Crippen LogP contribution >= 0.6 is 0 Å². The Kier molecular flexibility index (Phi) is 4.37. The summed E-state index contributed by atoms with van der Waals surface area (Å²) in [5, 5.41) is 13.7. The Bertz CT molecular complexity index is 764. The van der Waals surface area contributed by atoms with E-state index in [1.54, 1.807) is 11.6 Å². The fourth-order valence-corrected chi connectivity index (χ4v) is 3.21. The van der Waals surface area contributed by atoms with Crippen LogP contribution in [0.25, 0.3) is 5.65 Å². The highest BCUT2D eigenvalue weighted by atomic mass is 16.4. The van der Waals surface area contributed by atoms with Gasteiger partial charge in [-0.15, -0.1) is 0 Å². The summed E-state index contributed by atoms with van der Waals surface area (Å²) >= 11 is 0. The summed E-state index contributed by atoms with van der Waals surface area (Å²) in [7, 11) is 1.69. The number of anilines is 1. The maximum absolute atomic E-state index is 11.2. The van der Waals surface area contributed by atoms with Crippen molar-refractivity contribution in [3.8, 4) is 0 Å². The highest BCUT2D eigenvalue weighted by Gasteiger charge is 2.25. The number of aryl methyl sites for hydroxylation is 1. The van der Waals surface area contributed by atoms with Crippen LogP contribution in [-0.4, -0.2) is 57.2 Å². The van der Waals surface area contributed by atoms with E-state index < -0.39 is 6.09 Å². The molecule has 2 aromatic heterocycles. The summed E-state index contributed by atoms with van der Waals surface area (Å²) in [5.74, 6) is 0.902. The molecule has 2 aromatic rings. The van der Waals surface area contributed by atoms with E-state index in [9.17, 15) is 9.59 Å². The molecule has 1 aliphatic heterocycles. The molecule has 0 unspecified atom stereocenters. The van der Waals surface area contributed by atoms with Crippen LogP contribution in [0.4, 0.5) is 10.6 Å². The van der Waals surface area contributed by atoms with Crippen molar-refractivity contribution in [2.24, 2.45) is 0 Å². The Morgan fingerprint density at radius 2 is 2.12 bits per heavy atom. The number of fused-ring (bicyclic) bond motifs is 1. The molecular weight excluding hydrogens is 310 g/mol. The van der Waals surface area contributed by atoms with Crippen LogP contribution in [0.1, 0.15) is 37.1 Å². The molecule has 128 valence electrons. The van der Waals surface area contributed by atoms with E-state index >= 15 is 0 Å².